The van der Waals surface area contributed by atoms with Gasteiger partial charge in [0.1, 0.15) is 0 Å². The molecule has 0 fully saturated rings. The lowest BCUT2D eigenvalue weighted by Crippen LogP contribution is -2.26. The highest BCUT2D eigenvalue weighted by Crippen LogP contribution is 2.18. The van der Waals surface area contributed by atoms with E-state index >= 15 is 0 Å². The van der Waals surface area contributed by atoms with Gasteiger partial charge in [-0.1, -0.05) is 12.1 Å². The van der Waals surface area contributed by atoms with Gasteiger partial charge in [0.15, 0.2) is 0 Å². The molecular weight excluding hydrogens is 248 g/mol. The van der Waals surface area contributed by atoms with Crippen LogP contribution in [0.2, 0.25) is 0 Å². The molecule has 1 amide bonds. The number of benzene rings is 1. The molecule has 2 rings (SSSR count). The van der Waals surface area contributed by atoms with E-state index < -0.39 is 0 Å². The molecule has 3 heteroatoms. The van der Waals surface area contributed by atoms with Crippen LogP contribution in [0.25, 0.3) is 0 Å². The molecule has 0 atom stereocenters. The molecule has 0 saturated heterocycles. The summed E-state index contributed by atoms with van der Waals surface area (Å²) in [4.78, 5) is 18.2. The minimum absolute atomic E-state index is 0.112. The van der Waals surface area contributed by atoms with Crippen LogP contribution in [0.3, 0.4) is 0 Å². The summed E-state index contributed by atoms with van der Waals surface area (Å²) < 4.78 is 0. The Labute approximate surface area is 120 Å². The molecule has 20 heavy (non-hydrogen) atoms. The molecule has 3 nitrogen and oxygen atoms in total. The molecule has 0 aliphatic carbocycles. The van der Waals surface area contributed by atoms with Crippen LogP contribution in [0.1, 0.15) is 23.2 Å². The summed E-state index contributed by atoms with van der Waals surface area (Å²) in [6.45, 7) is 4.09. The summed E-state index contributed by atoms with van der Waals surface area (Å²) in [6.07, 6.45) is 2.91. The summed E-state index contributed by atoms with van der Waals surface area (Å²) in [6, 6.07) is 11.9. The molecule has 2 aromatic rings. The van der Waals surface area contributed by atoms with Gasteiger partial charge in [-0.15, -0.1) is 0 Å². The number of anilines is 1. The van der Waals surface area contributed by atoms with E-state index in [9.17, 15) is 4.79 Å². The van der Waals surface area contributed by atoms with E-state index in [0.29, 0.717) is 12.8 Å². The zero-order chi connectivity index (χ0) is 14.5. The maximum Gasteiger partial charge on any atom is 0.227 e. The average Bonchev–Trinajstić information content (AvgIpc) is 2.44. The Morgan fingerprint density at radius 3 is 2.45 bits per heavy atom. The van der Waals surface area contributed by atoms with Crippen molar-refractivity contribution in [2.75, 3.05) is 11.9 Å². The maximum atomic E-state index is 12.2. The monoisotopic (exact) mass is 268 g/mol. The van der Waals surface area contributed by atoms with Crippen molar-refractivity contribution in [3.8, 4) is 0 Å². The molecule has 0 radical (unpaired) electrons. The second kappa shape index (κ2) is 6.33. The summed E-state index contributed by atoms with van der Waals surface area (Å²) in [5, 5.41) is 0. The van der Waals surface area contributed by atoms with Gasteiger partial charge in [0.25, 0.3) is 0 Å². The van der Waals surface area contributed by atoms with Crippen molar-refractivity contribution in [2.24, 2.45) is 0 Å². The lowest BCUT2D eigenvalue weighted by atomic mass is 10.1. The smallest absolute Gasteiger partial charge is 0.227 e. The van der Waals surface area contributed by atoms with Gasteiger partial charge in [-0.2, -0.15) is 0 Å². The normalized spacial score (nSPS) is 10.3. The fourth-order valence-corrected chi connectivity index (χ4v) is 2.24. The SMILES string of the molecule is Cc1cc(C)cc(N(C)C(=O)CCc2ccccn2)c1. The second-order valence-electron chi connectivity index (χ2n) is 5.12. The van der Waals surface area contributed by atoms with E-state index in [1.807, 2.05) is 51.2 Å². The minimum atomic E-state index is 0.112. The van der Waals surface area contributed by atoms with Crippen LogP contribution in [0.5, 0.6) is 0 Å². The molecular formula is C17H20N2O. The van der Waals surface area contributed by atoms with E-state index in [2.05, 4.69) is 11.1 Å². The predicted octanol–water partition coefficient (Wildman–Crippen LogP) is 3.29. The third kappa shape index (κ3) is 3.67. The van der Waals surface area contributed by atoms with Gasteiger partial charge in [-0.3, -0.25) is 9.78 Å². The molecule has 1 heterocycles. The van der Waals surface area contributed by atoms with Gasteiger partial charge in [-0.25, -0.2) is 0 Å². The number of hydrogen-bond donors (Lipinski definition) is 0. The first-order valence-corrected chi connectivity index (χ1v) is 6.81. The third-order valence-corrected chi connectivity index (χ3v) is 3.29. The number of aromatic nitrogens is 1. The van der Waals surface area contributed by atoms with E-state index in [1.54, 1.807) is 11.1 Å². The van der Waals surface area contributed by atoms with Gasteiger partial charge in [0.2, 0.25) is 5.91 Å². The number of rotatable bonds is 4. The van der Waals surface area contributed by atoms with Gasteiger partial charge in [0, 0.05) is 31.0 Å². The number of hydrogen-bond acceptors (Lipinski definition) is 2. The first-order chi connectivity index (χ1) is 9.56. The van der Waals surface area contributed by atoms with Gasteiger partial charge in [-0.05, 0) is 55.7 Å². The van der Waals surface area contributed by atoms with Gasteiger partial charge < -0.3 is 4.90 Å². The van der Waals surface area contributed by atoms with Crippen molar-refractivity contribution in [3.63, 3.8) is 0 Å². The molecule has 0 saturated carbocycles. The number of nitrogens with zero attached hydrogens (tertiary/aromatic N) is 2. The van der Waals surface area contributed by atoms with Crippen LogP contribution < -0.4 is 4.90 Å². The molecule has 1 aromatic heterocycles. The van der Waals surface area contributed by atoms with Crippen molar-refractivity contribution >= 4 is 11.6 Å². The van der Waals surface area contributed by atoms with Crippen LogP contribution in [0.4, 0.5) is 5.69 Å². The molecule has 0 aliphatic rings. The molecule has 0 N–H and O–H groups in total. The fourth-order valence-electron chi connectivity index (χ4n) is 2.24. The van der Waals surface area contributed by atoms with Crippen molar-refractivity contribution in [3.05, 3.63) is 59.4 Å². The standard InChI is InChI=1S/C17H20N2O/c1-13-10-14(2)12-16(11-13)19(3)17(20)8-7-15-6-4-5-9-18-15/h4-6,9-12H,7-8H2,1-3H3. The van der Waals surface area contributed by atoms with Crippen LogP contribution in [0, 0.1) is 13.8 Å². The number of aryl methyl sites for hydroxylation is 3. The first-order valence-electron chi connectivity index (χ1n) is 6.81. The average molecular weight is 268 g/mol. The quantitative estimate of drug-likeness (QED) is 0.852. The molecule has 1 aromatic carbocycles. The van der Waals surface area contributed by atoms with E-state index in [4.69, 9.17) is 0 Å². The Balaban J connectivity index is 2.01. The predicted molar refractivity (Wildman–Crippen MR) is 81.9 cm³/mol. The first kappa shape index (κ1) is 14.3. The summed E-state index contributed by atoms with van der Waals surface area (Å²) in [5.74, 6) is 0.112. The second-order valence-corrected chi connectivity index (χ2v) is 5.12. The Bertz CT molecular complexity index is 573. The Hall–Kier alpha value is -2.16. The number of carbonyl (C=O) groups excluding carboxylic acids is 1. The topological polar surface area (TPSA) is 33.2 Å². The van der Waals surface area contributed by atoms with E-state index in [1.165, 1.54) is 11.1 Å². The van der Waals surface area contributed by atoms with Crippen molar-refractivity contribution < 1.29 is 4.79 Å². The molecule has 0 spiro atoms. The zero-order valence-electron chi connectivity index (χ0n) is 12.3. The summed E-state index contributed by atoms with van der Waals surface area (Å²) in [5.41, 5.74) is 4.25. The molecule has 0 bridgehead atoms. The highest BCUT2D eigenvalue weighted by molar-refractivity contribution is 5.93. The van der Waals surface area contributed by atoms with Crippen LogP contribution in [0.15, 0.2) is 42.6 Å². The summed E-state index contributed by atoms with van der Waals surface area (Å²) >= 11 is 0. The fraction of sp³-hybridized carbons (Fsp3) is 0.294. The van der Waals surface area contributed by atoms with Gasteiger partial charge in [0.05, 0.1) is 0 Å². The number of pyridine rings is 1. The Morgan fingerprint density at radius 1 is 1.15 bits per heavy atom. The molecule has 0 aliphatic heterocycles. The minimum Gasteiger partial charge on any atom is -0.315 e. The van der Waals surface area contributed by atoms with E-state index in [0.717, 1.165) is 11.4 Å². The highest BCUT2D eigenvalue weighted by atomic mass is 16.2. The third-order valence-electron chi connectivity index (χ3n) is 3.29. The zero-order valence-corrected chi connectivity index (χ0v) is 12.3. The van der Waals surface area contributed by atoms with Crippen LogP contribution in [-0.4, -0.2) is 17.9 Å². The molecule has 104 valence electrons. The largest absolute Gasteiger partial charge is 0.315 e. The van der Waals surface area contributed by atoms with Crippen LogP contribution in [-0.2, 0) is 11.2 Å². The van der Waals surface area contributed by atoms with Crippen molar-refractivity contribution in [2.45, 2.75) is 26.7 Å². The van der Waals surface area contributed by atoms with E-state index in [-0.39, 0.29) is 5.91 Å². The van der Waals surface area contributed by atoms with Gasteiger partial charge >= 0.3 is 0 Å². The summed E-state index contributed by atoms with van der Waals surface area (Å²) in [7, 11) is 1.83. The molecule has 0 unspecified atom stereocenters. The van der Waals surface area contributed by atoms with Crippen molar-refractivity contribution in [1.29, 1.82) is 0 Å². The maximum absolute atomic E-state index is 12.2. The lowest BCUT2D eigenvalue weighted by Gasteiger charge is -2.18. The number of amides is 1. The lowest BCUT2D eigenvalue weighted by molar-refractivity contribution is -0.118. The number of carbonyl (C=O) groups is 1. The Kier molecular flexibility index (Phi) is 4.51. The Morgan fingerprint density at radius 2 is 1.85 bits per heavy atom. The van der Waals surface area contributed by atoms with Crippen LogP contribution >= 0.6 is 0 Å². The van der Waals surface area contributed by atoms with Crippen molar-refractivity contribution in [1.82, 2.24) is 4.98 Å². The highest BCUT2D eigenvalue weighted by Gasteiger charge is 2.11.